The molecule has 104 valence electrons. The molecule has 1 aliphatic rings. The first-order valence-electron chi connectivity index (χ1n) is 5.58. The van der Waals surface area contributed by atoms with Crippen LogP contribution in [0.5, 0.6) is 0 Å². The van der Waals surface area contributed by atoms with Gasteiger partial charge in [0.15, 0.2) is 0 Å². The topological polar surface area (TPSA) is 40.5 Å². The number of hydrogen-bond acceptors (Lipinski definition) is 2. The fourth-order valence-electron chi connectivity index (χ4n) is 1.97. The molecule has 7 heteroatoms. The molecule has 1 fully saturated rings. The van der Waals surface area contributed by atoms with Gasteiger partial charge in [-0.1, -0.05) is 11.6 Å². The summed E-state index contributed by atoms with van der Waals surface area (Å²) >= 11 is 5.86. The molecule has 1 aliphatic heterocycles. The summed E-state index contributed by atoms with van der Waals surface area (Å²) in [4.78, 5) is 12.4. The lowest BCUT2D eigenvalue weighted by molar-refractivity contribution is -0.147. The summed E-state index contributed by atoms with van der Waals surface area (Å²) in [6.45, 7) is 0.899. The van der Waals surface area contributed by atoms with Gasteiger partial charge in [-0.15, -0.1) is 0 Å². The number of carbonyl (C=O) groups is 1. The first kappa shape index (κ1) is 14.1. The predicted octanol–water partition coefficient (Wildman–Crippen LogP) is 2.88. The second-order valence-corrected chi connectivity index (χ2v) is 4.94. The van der Waals surface area contributed by atoms with Crippen molar-refractivity contribution in [2.24, 2.45) is 5.92 Å². The molecule has 0 aromatic heterocycles. The molecule has 19 heavy (non-hydrogen) atoms. The lowest BCUT2D eigenvalue weighted by atomic mass is 9.99. The van der Waals surface area contributed by atoms with Crippen molar-refractivity contribution < 1.29 is 23.1 Å². The van der Waals surface area contributed by atoms with Crippen LogP contribution in [0.4, 0.5) is 13.2 Å². The summed E-state index contributed by atoms with van der Waals surface area (Å²) in [7, 11) is 0. The van der Waals surface area contributed by atoms with E-state index in [9.17, 15) is 18.0 Å². The monoisotopic (exact) mass is 293 g/mol. The largest absolute Gasteiger partial charge is 0.481 e. The van der Waals surface area contributed by atoms with Gasteiger partial charge in [0.2, 0.25) is 0 Å². The van der Waals surface area contributed by atoms with Crippen LogP contribution in [0, 0.1) is 5.92 Å². The number of likely N-dealkylation sites (tertiary alicyclic amines) is 1. The van der Waals surface area contributed by atoms with Gasteiger partial charge in [0.25, 0.3) is 0 Å². The summed E-state index contributed by atoms with van der Waals surface area (Å²) in [5.41, 5.74) is -0.387. The summed E-state index contributed by atoms with van der Waals surface area (Å²) in [6, 6.07) is 3.16. The Labute approximate surface area is 112 Å². The van der Waals surface area contributed by atoms with Crippen molar-refractivity contribution in [2.45, 2.75) is 12.7 Å². The van der Waals surface area contributed by atoms with E-state index in [1.54, 1.807) is 4.90 Å². The first-order chi connectivity index (χ1) is 8.77. The van der Waals surface area contributed by atoms with Crippen molar-refractivity contribution in [3.05, 3.63) is 34.3 Å². The smallest absolute Gasteiger partial charge is 0.416 e. The highest BCUT2D eigenvalue weighted by Crippen LogP contribution is 2.32. The minimum atomic E-state index is -4.40. The minimum absolute atomic E-state index is 0.229. The van der Waals surface area contributed by atoms with Crippen molar-refractivity contribution in [2.75, 3.05) is 13.1 Å². The average Bonchev–Trinajstić information content (AvgIpc) is 2.22. The molecule has 1 aromatic rings. The molecule has 2 rings (SSSR count). The average molecular weight is 294 g/mol. The van der Waals surface area contributed by atoms with E-state index in [4.69, 9.17) is 16.7 Å². The Morgan fingerprint density at radius 3 is 2.58 bits per heavy atom. The molecule has 1 aromatic carbocycles. The Morgan fingerprint density at radius 2 is 2.05 bits per heavy atom. The number of carboxylic acid groups (broad SMARTS) is 1. The zero-order chi connectivity index (χ0) is 14.2. The van der Waals surface area contributed by atoms with E-state index in [-0.39, 0.29) is 11.6 Å². The van der Waals surface area contributed by atoms with Gasteiger partial charge in [0.05, 0.1) is 11.5 Å². The molecule has 0 unspecified atom stereocenters. The predicted molar refractivity (Wildman–Crippen MR) is 62.9 cm³/mol. The minimum Gasteiger partial charge on any atom is -0.481 e. The van der Waals surface area contributed by atoms with Gasteiger partial charge in [0, 0.05) is 24.7 Å². The quantitative estimate of drug-likeness (QED) is 0.931. The fraction of sp³-hybridized carbons (Fsp3) is 0.417. The van der Waals surface area contributed by atoms with E-state index in [1.807, 2.05) is 0 Å². The zero-order valence-electron chi connectivity index (χ0n) is 9.75. The number of rotatable bonds is 3. The molecule has 1 saturated heterocycles. The maximum atomic E-state index is 12.6. The van der Waals surface area contributed by atoms with Crippen LogP contribution in [0.25, 0.3) is 0 Å². The number of halogens is 4. The van der Waals surface area contributed by atoms with E-state index in [1.165, 1.54) is 6.07 Å². The normalized spacial score (nSPS) is 17.3. The lowest BCUT2D eigenvalue weighted by Crippen LogP contribution is -2.49. The number of alkyl halides is 3. The van der Waals surface area contributed by atoms with Crippen molar-refractivity contribution >= 4 is 17.6 Å². The van der Waals surface area contributed by atoms with Gasteiger partial charge < -0.3 is 5.11 Å². The lowest BCUT2D eigenvalue weighted by Gasteiger charge is -2.36. The van der Waals surface area contributed by atoms with E-state index in [0.717, 1.165) is 12.1 Å². The Morgan fingerprint density at radius 1 is 1.42 bits per heavy atom. The second kappa shape index (κ2) is 5.02. The number of aliphatic carboxylic acids is 1. The molecule has 1 N–H and O–H groups in total. The Kier molecular flexibility index (Phi) is 3.73. The molecule has 0 amide bonds. The number of benzene rings is 1. The van der Waals surface area contributed by atoms with Crippen LogP contribution in [-0.2, 0) is 17.5 Å². The highest BCUT2D eigenvalue weighted by molar-refractivity contribution is 6.31. The standard InChI is InChI=1S/C12H11ClF3NO2/c13-10-2-1-9(12(14,15)16)3-7(10)4-17-5-8(6-17)11(18)19/h1-3,8H,4-6H2,(H,18,19). The van der Waals surface area contributed by atoms with E-state index in [2.05, 4.69) is 0 Å². The molecule has 0 radical (unpaired) electrons. The molecule has 0 atom stereocenters. The van der Waals surface area contributed by atoms with Gasteiger partial charge in [-0.25, -0.2) is 0 Å². The molecular formula is C12H11ClF3NO2. The Bertz CT molecular complexity index is 498. The van der Waals surface area contributed by atoms with Crippen LogP contribution in [0.2, 0.25) is 5.02 Å². The van der Waals surface area contributed by atoms with Crippen LogP contribution >= 0.6 is 11.6 Å². The van der Waals surface area contributed by atoms with E-state index < -0.39 is 23.6 Å². The first-order valence-corrected chi connectivity index (χ1v) is 5.96. The second-order valence-electron chi connectivity index (χ2n) is 4.53. The molecule has 0 saturated carbocycles. The van der Waals surface area contributed by atoms with Crippen LogP contribution < -0.4 is 0 Å². The maximum Gasteiger partial charge on any atom is 0.416 e. The summed E-state index contributed by atoms with van der Waals surface area (Å²) in [5, 5.41) is 8.98. The highest BCUT2D eigenvalue weighted by atomic mass is 35.5. The molecule has 0 aliphatic carbocycles. The SMILES string of the molecule is O=C(O)C1CN(Cc2cc(C(F)(F)F)ccc2Cl)C1. The van der Waals surface area contributed by atoms with Gasteiger partial charge in [-0.2, -0.15) is 13.2 Å². The summed E-state index contributed by atoms with van der Waals surface area (Å²) < 4.78 is 37.7. The fourth-order valence-corrected chi connectivity index (χ4v) is 2.15. The van der Waals surface area contributed by atoms with Gasteiger partial charge in [-0.05, 0) is 23.8 Å². The van der Waals surface area contributed by atoms with Crippen molar-refractivity contribution in [1.29, 1.82) is 0 Å². The molecule has 0 bridgehead atoms. The third kappa shape index (κ3) is 3.19. The Hall–Kier alpha value is -1.27. The molecular weight excluding hydrogens is 283 g/mol. The van der Waals surface area contributed by atoms with Gasteiger partial charge >= 0.3 is 12.1 Å². The zero-order valence-corrected chi connectivity index (χ0v) is 10.5. The third-order valence-electron chi connectivity index (χ3n) is 3.07. The number of hydrogen-bond donors (Lipinski definition) is 1. The number of nitrogens with zero attached hydrogens (tertiary/aromatic N) is 1. The van der Waals surface area contributed by atoms with Crippen molar-refractivity contribution in [3.63, 3.8) is 0 Å². The third-order valence-corrected chi connectivity index (χ3v) is 3.44. The number of carboxylic acids is 1. The van der Waals surface area contributed by atoms with Crippen LogP contribution in [0.15, 0.2) is 18.2 Å². The van der Waals surface area contributed by atoms with E-state index in [0.29, 0.717) is 18.7 Å². The van der Waals surface area contributed by atoms with Crippen molar-refractivity contribution in [3.8, 4) is 0 Å². The molecule has 1 heterocycles. The molecule has 0 spiro atoms. The van der Waals surface area contributed by atoms with Crippen molar-refractivity contribution in [1.82, 2.24) is 4.90 Å². The van der Waals surface area contributed by atoms with Crippen LogP contribution in [0.3, 0.4) is 0 Å². The van der Waals surface area contributed by atoms with Gasteiger partial charge in [-0.3, -0.25) is 9.69 Å². The summed E-state index contributed by atoms with van der Waals surface area (Å²) in [6.07, 6.45) is -4.40. The maximum absolute atomic E-state index is 12.6. The Balaban J connectivity index is 2.07. The van der Waals surface area contributed by atoms with E-state index >= 15 is 0 Å². The van der Waals surface area contributed by atoms with Crippen LogP contribution in [-0.4, -0.2) is 29.1 Å². The van der Waals surface area contributed by atoms with Gasteiger partial charge in [0.1, 0.15) is 0 Å². The van der Waals surface area contributed by atoms with Crippen LogP contribution in [0.1, 0.15) is 11.1 Å². The molecule has 3 nitrogen and oxygen atoms in total. The summed E-state index contributed by atoms with van der Waals surface area (Å²) in [5.74, 6) is -1.32. The highest BCUT2D eigenvalue weighted by Gasteiger charge is 2.34.